The topological polar surface area (TPSA) is 135 Å². The summed E-state index contributed by atoms with van der Waals surface area (Å²) < 4.78 is 15.8. The molecular weight excluding hydrogens is 454 g/mol. The third-order valence-corrected chi connectivity index (χ3v) is 4.85. The number of hydrogen-bond donors (Lipinski definition) is 4. The summed E-state index contributed by atoms with van der Waals surface area (Å²) in [6.45, 7) is 3.70. The van der Waals surface area contributed by atoms with E-state index in [0.717, 1.165) is 11.1 Å². The van der Waals surface area contributed by atoms with Gasteiger partial charge in [-0.25, -0.2) is 9.59 Å². The number of carbonyl (C=O) groups is 3. The van der Waals surface area contributed by atoms with Crippen LogP contribution < -0.4 is 30.2 Å². The fourth-order valence-electron chi connectivity index (χ4n) is 3.04. The standard InChI is InChI=1S/C25H31N3O7/c1-16(2)22(28-24(30)31)23(29)26-11-12-27-25(32)35-19-9-7-17(8-10-19)5-6-18-13-20(33-3)15-21(14-18)34-4/h5-10,13-16,22,28H,11-12H2,1-4H3,(H,26,29)(H,27,32)(H,30,31). The van der Waals surface area contributed by atoms with E-state index in [-0.39, 0.29) is 19.0 Å². The van der Waals surface area contributed by atoms with Crippen LogP contribution in [-0.4, -0.2) is 56.6 Å². The van der Waals surface area contributed by atoms with Crippen molar-refractivity contribution in [3.8, 4) is 17.2 Å². The molecular formula is C25H31N3O7. The van der Waals surface area contributed by atoms with E-state index in [4.69, 9.17) is 19.3 Å². The van der Waals surface area contributed by atoms with Crippen LogP contribution in [0.4, 0.5) is 9.59 Å². The van der Waals surface area contributed by atoms with E-state index in [2.05, 4.69) is 16.0 Å². The summed E-state index contributed by atoms with van der Waals surface area (Å²) >= 11 is 0. The molecule has 2 aromatic rings. The summed E-state index contributed by atoms with van der Waals surface area (Å²) in [7, 11) is 3.19. The predicted molar refractivity (Wildman–Crippen MR) is 132 cm³/mol. The smallest absolute Gasteiger partial charge is 0.412 e. The van der Waals surface area contributed by atoms with Gasteiger partial charge in [0.1, 0.15) is 23.3 Å². The molecule has 0 spiro atoms. The second kappa shape index (κ2) is 13.5. The van der Waals surface area contributed by atoms with Crippen LogP contribution in [0.3, 0.4) is 0 Å². The quantitative estimate of drug-likeness (QED) is 0.283. The maximum atomic E-state index is 12.1. The molecule has 0 radical (unpaired) electrons. The Labute approximate surface area is 204 Å². The number of nitrogens with one attached hydrogen (secondary N) is 3. The van der Waals surface area contributed by atoms with Gasteiger partial charge in [-0.2, -0.15) is 0 Å². The number of carboxylic acid groups (broad SMARTS) is 1. The molecule has 0 aromatic heterocycles. The third-order valence-electron chi connectivity index (χ3n) is 4.85. The number of amides is 3. The van der Waals surface area contributed by atoms with Gasteiger partial charge in [-0.15, -0.1) is 0 Å². The molecule has 0 aliphatic heterocycles. The molecule has 0 aliphatic carbocycles. The maximum Gasteiger partial charge on any atom is 0.412 e. The van der Waals surface area contributed by atoms with Crippen LogP contribution in [0.15, 0.2) is 42.5 Å². The first kappa shape index (κ1) is 27.0. The van der Waals surface area contributed by atoms with Crippen molar-refractivity contribution in [3.05, 3.63) is 53.6 Å². The Kier molecular flexibility index (Phi) is 10.4. The lowest BCUT2D eigenvalue weighted by molar-refractivity contribution is -0.123. The fourth-order valence-corrected chi connectivity index (χ4v) is 3.04. The van der Waals surface area contributed by atoms with E-state index < -0.39 is 24.1 Å². The van der Waals surface area contributed by atoms with Crippen LogP contribution in [0.1, 0.15) is 25.0 Å². The molecule has 0 saturated heterocycles. The first-order valence-electron chi connectivity index (χ1n) is 11.0. The van der Waals surface area contributed by atoms with Crippen molar-refractivity contribution in [2.24, 2.45) is 5.92 Å². The van der Waals surface area contributed by atoms with Gasteiger partial charge in [0.15, 0.2) is 0 Å². The summed E-state index contributed by atoms with van der Waals surface area (Å²) in [4.78, 5) is 34.9. The number of ether oxygens (including phenoxy) is 3. The average molecular weight is 486 g/mol. The highest BCUT2D eigenvalue weighted by atomic mass is 16.6. The normalized spacial score (nSPS) is 11.6. The van der Waals surface area contributed by atoms with Gasteiger partial charge in [0.25, 0.3) is 0 Å². The minimum atomic E-state index is -1.28. The number of hydrogen-bond acceptors (Lipinski definition) is 6. The Morgan fingerprint density at radius 3 is 1.97 bits per heavy atom. The van der Waals surface area contributed by atoms with Gasteiger partial charge in [-0.3, -0.25) is 4.79 Å². The van der Waals surface area contributed by atoms with Crippen LogP contribution in [0, 0.1) is 5.92 Å². The van der Waals surface area contributed by atoms with Gasteiger partial charge in [0.05, 0.1) is 14.2 Å². The average Bonchev–Trinajstić information content (AvgIpc) is 2.84. The minimum Gasteiger partial charge on any atom is -0.497 e. The number of benzene rings is 2. The molecule has 1 atom stereocenters. The van der Waals surface area contributed by atoms with Gasteiger partial charge in [-0.1, -0.05) is 38.1 Å². The second-order valence-electron chi connectivity index (χ2n) is 7.83. The lowest BCUT2D eigenvalue weighted by Gasteiger charge is -2.20. The molecule has 0 fully saturated rings. The van der Waals surface area contributed by atoms with E-state index in [1.54, 1.807) is 58.4 Å². The molecule has 188 valence electrons. The van der Waals surface area contributed by atoms with Crippen LogP contribution >= 0.6 is 0 Å². The minimum absolute atomic E-state index is 0.118. The van der Waals surface area contributed by atoms with Gasteiger partial charge in [0, 0.05) is 19.2 Å². The Hall–Kier alpha value is -4.21. The Bertz CT molecular complexity index is 1010. The van der Waals surface area contributed by atoms with Gasteiger partial charge in [0.2, 0.25) is 5.91 Å². The monoisotopic (exact) mass is 485 g/mol. The van der Waals surface area contributed by atoms with Crippen LogP contribution in [0.5, 0.6) is 17.2 Å². The third kappa shape index (κ3) is 9.28. The van der Waals surface area contributed by atoms with E-state index in [1.807, 2.05) is 24.3 Å². The largest absolute Gasteiger partial charge is 0.497 e. The molecule has 2 rings (SSSR count). The van der Waals surface area contributed by atoms with Gasteiger partial charge < -0.3 is 35.3 Å². The zero-order valence-corrected chi connectivity index (χ0v) is 20.2. The van der Waals surface area contributed by atoms with E-state index in [9.17, 15) is 14.4 Å². The molecule has 4 N–H and O–H groups in total. The number of carbonyl (C=O) groups excluding carboxylic acids is 2. The molecule has 2 aromatic carbocycles. The van der Waals surface area contributed by atoms with Crippen LogP contribution in [0.2, 0.25) is 0 Å². The first-order valence-corrected chi connectivity index (χ1v) is 11.0. The summed E-state index contributed by atoms with van der Waals surface area (Å²) in [5, 5.41) is 16.1. The van der Waals surface area contributed by atoms with Crippen molar-refractivity contribution in [3.63, 3.8) is 0 Å². The van der Waals surface area contributed by atoms with E-state index >= 15 is 0 Å². The molecule has 10 nitrogen and oxygen atoms in total. The zero-order valence-electron chi connectivity index (χ0n) is 20.2. The second-order valence-corrected chi connectivity index (χ2v) is 7.83. The Morgan fingerprint density at radius 1 is 0.857 bits per heavy atom. The SMILES string of the molecule is COc1cc(C=Cc2ccc(OC(=O)NCCNC(=O)C(NC(=O)O)C(C)C)cc2)cc(OC)c1. The molecule has 0 aliphatic rings. The summed E-state index contributed by atoms with van der Waals surface area (Å²) in [6.07, 6.45) is 1.87. The number of rotatable bonds is 11. The van der Waals surface area contributed by atoms with Crippen molar-refractivity contribution in [1.29, 1.82) is 0 Å². The lowest BCUT2D eigenvalue weighted by atomic mass is 10.0. The molecule has 35 heavy (non-hydrogen) atoms. The fraction of sp³-hybridized carbons (Fsp3) is 0.320. The first-order chi connectivity index (χ1) is 16.7. The molecule has 3 amide bonds. The highest BCUT2D eigenvalue weighted by molar-refractivity contribution is 5.85. The highest BCUT2D eigenvalue weighted by Crippen LogP contribution is 2.24. The van der Waals surface area contributed by atoms with Gasteiger partial charge >= 0.3 is 12.2 Å². The summed E-state index contributed by atoms with van der Waals surface area (Å²) in [5.74, 6) is 1.05. The van der Waals surface area contributed by atoms with Crippen LogP contribution in [0.25, 0.3) is 12.2 Å². The van der Waals surface area contributed by atoms with Gasteiger partial charge in [-0.05, 0) is 41.3 Å². The van der Waals surface area contributed by atoms with Crippen molar-refractivity contribution in [1.82, 2.24) is 16.0 Å². The number of methoxy groups -OCH3 is 2. The molecule has 10 heteroatoms. The lowest BCUT2D eigenvalue weighted by Crippen LogP contribution is -2.50. The van der Waals surface area contributed by atoms with Crippen molar-refractivity contribution in [2.45, 2.75) is 19.9 Å². The van der Waals surface area contributed by atoms with Crippen molar-refractivity contribution in [2.75, 3.05) is 27.3 Å². The predicted octanol–water partition coefficient (Wildman–Crippen LogP) is 3.37. The zero-order chi connectivity index (χ0) is 25.8. The molecule has 1 unspecified atom stereocenters. The van der Waals surface area contributed by atoms with Crippen molar-refractivity contribution >= 4 is 30.2 Å². The van der Waals surface area contributed by atoms with Crippen LogP contribution in [-0.2, 0) is 4.79 Å². The highest BCUT2D eigenvalue weighted by Gasteiger charge is 2.23. The summed E-state index contributed by atoms with van der Waals surface area (Å²) in [6, 6.07) is 11.6. The molecule has 0 heterocycles. The molecule has 0 saturated carbocycles. The Morgan fingerprint density at radius 2 is 1.43 bits per heavy atom. The summed E-state index contributed by atoms with van der Waals surface area (Å²) in [5.41, 5.74) is 1.81. The van der Waals surface area contributed by atoms with Crippen molar-refractivity contribution < 1.29 is 33.7 Å². The molecule has 0 bridgehead atoms. The van der Waals surface area contributed by atoms with E-state index in [0.29, 0.717) is 17.2 Å². The maximum absolute atomic E-state index is 12.1. The van der Waals surface area contributed by atoms with E-state index in [1.165, 1.54) is 0 Å². The Balaban J connectivity index is 1.81.